The summed E-state index contributed by atoms with van der Waals surface area (Å²) in [6.07, 6.45) is -0.565. The topological polar surface area (TPSA) is 81.4 Å². The van der Waals surface area contributed by atoms with Crippen molar-refractivity contribution >= 4 is 22.8 Å². The summed E-state index contributed by atoms with van der Waals surface area (Å²) in [5.41, 5.74) is 4.76. The third-order valence-corrected chi connectivity index (χ3v) is 2.41. The smallest absolute Gasteiger partial charge is 0.427 e. The monoisotopic (exact) mass is 261 g/mol. The van der Waals surface area contributed by atoms with Crippen molar-refractivity contribution < 1.29 is 9.53 Å². The minimum absolute atomic E-state index is 0.314. The molecule has 0 fully saturated rings. The van der Waals surface area contributed by atoms with Gasteiger partial charge in [-0.15, -0.1) is 5.10 Å². The first-order valence-corrected chi connectivity index (χ1v) is 5.95. The second kappa shape index (κ2) is 5.94. The van der Waals surface area contributed by atoms with Crippen LogP contribution in [-0.2, 0) is 11.3 Å². The average Bonchev–Trinajstić information content (AvgIpc) is 2.80. The van der Waals surface area contributed by atoms with E-state index in [1.165, 1.54) is 0 Å². The van der Waals surface area contributed by atoms with Crippen LogP contribution in [0.5, 0.6) is 0 Å². The molecule has 1 amide bonds. The Morgan fingerprint density at radius 1 is 1.47 bits per heavy atom. The molecule has 1 N–H and O–H groups in total. The van der Waals surface area contributed by atoms with Crippen molar-refractivity contribution in [1.82, 2.24) is 20.4 Å². The number of carbonyl (C=O) groups is 1. The number of carbonyl (C=O) groups excluding carboxylic acids is 1. The molecule has 2 rings (SSSR count). The van der Waals surface area contributed by atoms with E-state index in [9.17, 15) is 4.79 Å². The normalized spacial score (nSPS) is 11.6. The highest BCUT2D eigenvalue weighted by Gasteiger charge is 2.05. The summed E-state index contributed by atoms with van der Waals surface area (Å²) < 4.78 is 6.43. The first-order chi connectivity index (χ1) is 9.20. The molecule has 1 heterocycles. The van der Waals surface area contributed by atoms with Crippen molar-refractivity contribution in [2.24, 2.45) is 5.10 Å². The van der Waals surface area contributed by atoms with Gasteiger partial charge in [-0.1, -0.05) is 17.3 Å². The molecule has 0 saturated heterocycles. The number of rotatable bonds is 4. The lowest BCUT2D eigenvalue weighted by molar-refractivity contribution is 0.152. The molecule has 1 aromatic heterocycles. The average molecular weight is 261 g/mol. The number of fused-ring (bicyclic) bond motifs is 1. The van der Waals surface area contributed by atoms with Gasteiger partial charge in [0.2, 0.25) is 0 Å². The van der Waals surface area contributed by atoms with E-state index in [1.54, 1.807) is 18.5 Å². The van der Waals surface area contributed by atoms with Crippen molar-refractivity contribution in [3.05, 3.63) is 24.3 Å². The number of hydrogen-bond acceptors (Lipinski definition) is 5. The Morgan fingerprint density at radius 3 is 3.05 bits per heavy atom. The fourth-order valence-electron chi connectivity index (χ4n) is 1.59. The third-order valence-electron chi connectivity index (χ3n) is 2.41. The lowest BCUT2D eigenvalue weighted by Gasteiger charge is -2.03. The maximum atomic E-state index is 11.1. The predicted octanol–water partition coefficient (Wildman–Crippen LogP) is 1.55. The number of nitrogens with zero attached hydrogens (tertiary/aromatic N) is 4. The molecule has 100 valence electrons. The van der Waals surface area contributed by atoms with E-state index in [2.05, 4.69) is 20.8 Å². The van der Waals surface area contributed by atoms with Gasteiger partial charge in [0.05, 0.1) is 24.4 Å². The number of ether oxygens (including phenoxy) is 1. The number of amides is 1. The molecule has 19 heavy (non-hydrogen) atoms. The Labute approximate surface area is 110 Å². The first kappa shape index (κ1) is 13.0. The van der Waals surface area contributed by atoms with Crippen molar-refractivity contribution in [2.45, 2.75) is 20.4 Å². The number of benzene rings is 1. The summed E-state index contributed by atoms with van der Waals surface area (Å²) in [6, 6.07) is 7.65. The van der Waals surface area contributed by atoms with E-state index in [-0.39, 0.29) is 0 Å². The maximum absolute atomic E-state index is 11.1. The highest BCUT2D eigenvalue weighted by molar-refractivity contribution is 5.84. The molecule has 0 aliphatic rings. The SMILES string of the molecule is CCOC(=O)NN=C(C)Cn1nnc2ccccc21. The van der Waals surface area contributed by atoms with Gasteiger partial charge in [0.25, 0.3) is 0 Å². The molecule has 0 atom stereocenters. The number of para-hydroxylation sites is 1. The summed E-state index contributed by atoms with van der Waals surface area (Å²) in [4.78, 5) is 11.1. The van der Waals surface area contributed by atoms with Crippen molar-refractivity contribution in [1.29, 1.82) is 0 Å². The molecule has 0 bridgehead atoms. The Hall–Kier alpha value is -2.44. The zero-order chi connectivity index (χ0) is 13.7. The Balaban J connectivity index is 2.04. The molecule has 0 aliphatic carbocycles. The molecule has 1 aromatic carbocycles. The summed E-state index contributed by atoms with van der Waals surface area (Å²) in [5.74, 6) is 0. The number of hydrazone groups is 1. The van der Waals surface area contributed by atoms with Crippen LogP contribution < -0.4 is 5.43 Å². The Kier molecular flexibility index (Phi) is 4.07. The quantitative estimate of drug-likeness (QED) is 0.668. The van der Waals surface area contributed by atoms with E-state index in [0.29, 0.717) is 18.9 Å². The lowest BCUT2D eigenvalue weighted by atomic mass is 10.3. The molecule has 0 radical (unpaired) electrons. The van der Waals surface area contributed by atoms with Gasteiger partial charge in [0.15, 0.2) is 0 Å². The van der Waals surface area contributed by atoms with Gasteiger partial charge in [0.1, 0.15) is 5.52 Å². The van der Waals surface area contributed by atoms with Crippen LogP contribution in [-0.4, -0.2) is 33.4 Å². The zero-order valence-electron chi connectivity index (χ0n) is 10.8. The third kappa shape index (κ3) is 3.27. The molecule has 0 unspecified atom stereocenters. The largest absolute Gasteiger partial charge is 0.449 e. The van der Waals surface area contributed by atoms with Gasteiger partial charge >= 0.3 is 6.09 Å². The second-order valence-corrected chi connectivity index (χ2v) is 3.92. The summed E-state index contributed by atoms with van der Waals surface area (Å²) in [6.45, 7) is 4.29. The predicted molar refractivity (Wildman–Crippen MR) is 70.8 cm³/mol. The van der Waals surface area contributed by atoms with Gasteiger partial charge in [-0.25, -0.2) is 14.9 Å². The van der Waals surface area contributed by atoms with Crippen molar-refractivity contribution in [2.75, 3.05) is 6.61 Å². The zero-order valence-corrected chi connectivity index (χ0v) is 10.8. The van der Waals surface area contributed by atoms with Crippen molar-refractivity contribution in [3.8, 4) is 0 Å². The molecular weight excluding hydrogens is 246 g/mol. The Morgan fingerprint density at radius 2 is 2.26 bits per heavy atom. The van der Waals surface area contributed by atoms with Gasteiger partial charge in [-0.3, -0.25) is 0 Å². The fourth-order valence-corrected chi connectivity index (χ4v) is 1.59. The minimum atomic E-state index is -0.565. The first-order valence-electron chi connectivity index (χ1n) is 5.95. The van der Waals surface area contributed by atoms with Crippen LogP contribution in [0.1, 0.15) is 13.8 Å². The molecule has 0 aliphatic heterocycles. The molecule has 2 aromatic rings. The van der Waals surface area contributed by atoms with E-state index >= 15 is 0 Å². The van der Waals surface area contributed by atoms with Gasteiger partial charge in [0, 0.05) is 0 Å². The fraction of sp³-hybridized carbons (Fsp3) is 0.333. The standard InChI is InChI=1S/C12H15N5O2/c1-3-19-12(18)15-13-9(2)8-17-11-7-5-4-6-10(11)14-16-17/h4-7H,3,8H2,1-2H3,(H,15,18). The highest BCUT2D eigenvalue weighted by Crippen LogP contribution is 2.09. The number of nitrogens with one attached hydrogen (secondary N) is 1. The van der Waals surface area contributed by atoms with Crippen LogP contribution in [0, 0.1) is 0 Å². The van der Waals surface area contributed by atoms with Crippen LogP contribution in [0.3, 0.4) is 0 Å². The van der Waals surface area contributed by atoms with Crippen LogP contribution in [0.15, 0.2) is 29.4 Å². The highest BCUT2D eigenvalue weighted by atomic mass is 16.5. The van der Waals surface area contributed by atoms with Crippen molar-refractivity contribution in [3.63, 3.8) is 0 Å². The van der Waals surface area contributed by atoms with Crippen LogP contribution >= 0.6 is 0 Å². The van der Waals surface area contributed by atoms with Gasteiger partial charge in [-0.2, -0.15) is 5.10 Å². The van der Waals surface area contributed by atoms with E-state index in [0.717, 1.165) is 11.0 Å². The van der Waals surface area contributed by atoms with Gasteiger partial charge < -0.3 is 4.74 Å². The Bertz CT molecular complexity index is 605. The van der Waals surface area contributed by atoms with E-state index in [4.69, 9.17) is 4.74 Å². The molecular formula is C12H15N5O2. The number of hydrogen-bond donors (Lipinski definition) is 1. The molecule has 0 saturated carbocycles. The molecule has 7 heteroatoms. The minimum Gasteiger partial charge on any atom is -0.449 e. The second-order valence-electron chi connectivity index (χ2n) is 3.92. The van der Waals surface area contributed by atoms with Crippen LogP contribution in [0.25, 0.3) is 11.0 Å². The summed E-state index contributed by atoms with van der Waals surface area (Å²) in [5, 5.41) is 12.0. The van der Waals surface area contributed by atoms with Crippen LogP contribution in [0.2, 0.25) is 0 Å². The maximum Gasteiger partial charge on any atom is 0.427 e. The van der Waals surface area contributed by atoms with E-state index < -0.39 is 6.09 Å². The van der Waals surface area contributed by atoms with Gasteiger partial charge in [-0.05, 0) is 26.0 Å². The number of aromatic nitrogens is 3. The summed E-state index contributed by atoms with van der Waals surface area (Å²) >= 11 is 0. The van der Waals surface area contributed by atoms with Crippen LogP contribution in [0.4, 0.5) is 4.79 Å². The van der Waals surface area contributed by atoms with E-state index in [1.807, 2.05) is 24.3 Å². The molecule has 7 nitrogen and oxygen atoms in total. The summed E-state index contributed by atoms with van der Waals surface area (Å²) in [7, 11) is 0. The molecule has 0 spiro atoms. The lowest BCUT2D eigenvalue weighted by Crippen LogP contribution is -2.21.